The van der Waals surface area contributed by atoms with E-state index in [0.29, 0.717) is 10.0 Å². The Morgan fingerprint density at radius 1 is 1.15 bits per heavy atom. The van der Waals surface area contributed by atoms with Crippen molar-refractivity contribution in [3.63, 3.8) is 0 Å². The fourth-order valence-electron chi connectivity index (χ4n) is 2.55. The van der Waals surface area contributed by atoms with E-state index in [1.807, 2.05) is 38.1 Å². The highest BCUT2D eigenvalue weighted by Crippen LogP contribution is 2.25. The first-order chi connectivity index (χ1) is 12.3. The van der Waals surface area contributed by atoms with Gasteiger partial charge in [-0.05, 0) is 66.4 Å². The Kier molecular flexibility index (Phi) is 5.50. The van der Waals surface area contributed by atoms with Crippen molar-refractivity contribution in [2.24, 2.45) is 0 Å². The van der Waals surface area contributed by atoms with Gasteiger partial charge >= 0.3 is 0 Å². The zero-order valence-electron chi connectivity index (χ0n) is 14.6. The summed E-state index contributed by atoms with van der Waals surface area (Å²) in [6, 6.07) is 12.2. The molecule has 0 heterocycles. The minimum atomic E-state index is -3.61. The van der Waals surface area contributed by atoms with Crippen LogP contribution in [0.25, 0.3) is 0 Å². The molecule has 1 aliphatic carbocycles. The van der Waals surface area contributed by atoms with E-state index >= 15 is 0 Å². The summed E-state index contributed by atoms with van der Waals surface area (Å²) in [6.45, 7) is 3.90. The highest BCUT2D eigenvalue weighted by molar-refractivity contribution is 9.10. The molecule has 1 aliphatic rings. The Bertz CT molecular complexity index is 922. The molecule has 0 aliphatic heterocycles. The van der Waals surface area contributed by atoms with Gasteiger partial charge in [-0.15, -0.1) is 0 Å². The Labute approximate surface area is 162 Å². The molecule has 3 rings (SSSR count). The van der Waals surface area contributed by atoms with Crippen LogP contribution in [0.4, 0.5) is 0 Å². The van der Waals surface area contributed by atoms with Crippen LogP contribution < -0.4 is 10.0 Å². The summed E-state index contributed by atoms with van der Waals surface area (Å²) in [5.41, 5.74) is 2.43. The number of rotatable bonds is 6. The number of aryl methyl sites for hydroxylation is 1. The maximum atomic E-state index is 12.7. The molecular weight excluding hydrogens is 416 g/mol. The standard InChI is InChI=1S/C19H21BrN2O3S/c1-12-3-5-14(6-4-12)13(2)21-19(23)17-11-16(9-10-18(17)20)26(24,25)22-15-7-8-15/h3-6,9-11,13,15,22H,7-8H2,1-2H3,(H,21,23). The number of sulfonamides is 1. The monoisotopic (exact) mass is 436 g/mol. The van der Waals surface area contributed by atoms with Gasteiger partial charge in [0.15, 0.2) is 0 Å². The van der Waals surface area contributed by atoms with Crippen LogP contribution in [0.15, 0.2) is 51.8 Å². The van der Waals surface area contributed by atoms with Crippen LogP contribution in [0.2, 0.25) is 0 Å². The van der Waals surface area contributed by atoms with Gasteiger partial charge in [-0.25, -0.2) is 13.1 Å². The van der Waals surface area contributed by atoms with E-state index in [4.69, 9.17) is 0 Å². The normalized spacial score (nSPS) is 15.5. The van der Waals surface area contributed by atoms with Gasteiger partial charge in [0.2, 0.25) is 10.0 Å². The van der Waals surface area contributed by atoms with Crippen molar-refractivity contribution in [1.82, 2.24) is 10.0 Å². The summed E-state index contributed by atoms with van der Waals surface area (Å²) in [6.07, 6.45) is 1.72. The molecular formula is C19H21BrN2O3S. The summed E-state index contributed by atoms with van der Waals surface area (Å²) >= 11 is 3.34. The summed E-state index contributed by atoms with van der Waals surface area (Å²) in [7, 11) is -3.61. The van der Waals surface area contributed by atoms with Crippen molar-refractivity contribution in [2.45, 2.75) is 43.7 Å². The zero-order chi connectivity index (χ0) is 18.9. The molecule has 5 nitrogen and oxygen atoms in total. The average molecular weight is 437 g/mol. The average Bonchev–Trinajstić information content (AvgIpc) is 3.38. The third kappa shape index (κ3) is 4.52. The number of carbonyl (C=O) groups is 1. The van der Waals surface area contributed by atoms with Gasteiger partial charge in [0, 0.05) is 10.5 Å². The number of hydrogen-bond donors (Lipinski definition) is 2. The third-order valence-corrected chi connectivity index (χ3v) is 6.53. The van der Waals surface area contributed by atoms with E-state index in [1.165, 1.54) is 12.1 Å². The quantitative estimate of drug-likeness (QED) is 0.724. The molecule has 0 saturated heterocycles. The van der Waals surface area contributed by atoms with E-state index in [9.17, 15) is 13.2 Å². The van der Waals surface area contributed by atoms with E-state index in [2.05, 4.69) is 26.0 Å². The predicted octanol–water partition coefficient (Wildman–Crippen LogP) is 3.69. The van der Waals surface area contributed by atoms with E-state index in [0.717, 1.165) is 24.0 Å². The van der Waals surface area contributed by atoms with Crippen molar-refractivity contribution < 1.29 is 13.2 Å². The molecule has 138 valence electrons. The Hall–Kier alpha value is -1.70. The van der Waals surface area contributed by atoms with Gasteiger partial charge < -0.3 is 5.32 Å². The van der Waals surface area contributed by atoms with Crippen LogP contribution in [0.1, 0.15) is 47.3 Å². The van der Waals surface area contributed by atoms with Gasteiger partial charge in [-0.3, -0.25) is 4.79 Å². The van der Waals surface area contributed by atoms with E-state index in [-0.39, 0.29) is 22.9 Å². The summed E-state index contributed by atoms with van der Waals surface area (Å²) in [5.74, 6) is -0.326. The van der Waals surface area contributed by atoms with Crippen LogP contribution >= 0.6 is 15.9 Å². The molecule has 1 amide bonds. The molecule has 26 heavy (non-hydrogen) atoms. The topological polar surface area (TPSA) is 75.3 Å². The Balaban J connectivity index is 1.80. The Morgan fingerprint density at radius 2 is 1.81 bits per heavy atom. The van der Waals surface area contributed by atoms with Crippen molar-refractivity contribution >= 4 is 31.9 Å². The number of benzene rings is 2. The third-order valence-electron chi connectivity index (χ3n) is 4.32. The van der Waals surface area contributed by atoms with Crippen LogP contribution in [0, 0.1) is 6.92 Å². The fourth-order valence-corrected chi connectivity index (χ4v) is 4.30. The number of halogens is 1. The van der Waals surface area contributed by atoms with Crippen molar-refractivity contribution in [2.75, 3.05) is 0 Å². The first-order valence-electron chi connectivity index (χ1n) is 8.45. The minimum Gasteiger partial charge on any atom is -0.345 e. The summed E-state index contributed by atoms with van der Waals surface area (Å²) < 4.78 is 28.0. The van der Waals surface area contributed by atoms with Crippen LogP contribution in [0.3, 0.4) is 0 Å². The number of hydrogen-bond acceptors (Lipinski definition) is 3. The molecule has 2 aromatic carbocycles. The molecule has 1 saturated carbocycles. The minimum absolute atomic E-state index is 0.0162. The molecule has 2 aromatic rings. The second kappa shape index (κ2) is 7.50. The number of amides is 1. The van der Waals surface area contributed by atoms with E-state index < -0.39 is 10.0 Å². The molecule has 1 atom stereocenters. The SMILES string of the molecule is Cc1ccc(C(C)NC(=O)c2cc(S(=O)(=O)NC3CC3)ccc2Br)cc1. The molecule has 0 aromatic heterocycles. The fraction of sp³-hybridized carbons (Fsp3) is 0.316. The van der Waals surface area contributed by atoms with Crippen molar-refractivity contribution in [3.8, 4) is 0 Å². The second-order valence-electron chi connectivity index (χ2n) is 6.64. The Morgan fingerprint density at radius 3 is 2.42 bits per heavy atom. The molecule has 1 fully saturated rings. The van der Waals surface area contributed by atoms with Gasteiger partial charge in [0.1, 0.15) is 0 Å². The maximum absolute atomic E-state index is 12.7. The maximum Gasteiger partial charge on any atom is 0.252 e. The van der Waals surface area contributed by atoms with Crippen LogP contribution in [-0.2, 0) is 10.0 Å². The van der Waals surface area contributed by atoms with Gasteiger partial charge in [0.05, 0.1) is 16.5 Å². The van der Waals surface area contributed by atoms with Crippen LogP contribution in [-0.4, -0.2) is 20.4 Å². The van der Waals surface area contributed by atoms with Crippen molar-refractivity contribution in [3.05, 3.63) is 63.6 Å². The molecule has 2 N–H and O–H groups in total. The predicted molar refractivity (Wildman–Crippen MR) is 105 cm³/mol. The molecule has 1 unspecified atom stereocenters. The lowest BCUT2D eigenvalue weighted by molar-refractivity contribution is 0.0939. The first kappa shape index (κ1) is 19.1. The van der Waals surface area contributed by atoms with Gasteiger partial charge in [-0.1, -0.05) is 29.8 Å². The molecule has 7 heteroatoms. The largest absolute Gasteiger partial charge is 0.345 e. The lowest BCUT2D eigenvalue weighted by Gasteiger charge is -2.16. The smallest absolute Gasteiger partial charge is 0.252 e. The number of nitrogens with one attached hydrogen (secondary N) is 2. The molecule has 0 bridgehead atoms. The van der Waals surface area contributed by atoms with Gasteiger partial charge in [0.25, 0.3) is 5.91 Å². The zero-order valence-corrected chi connectivity index (χ0v) is 17.0. The highest BCUT2D eigenvalue weighted by atomic mass is 79.9. The first-order valence-corrected chi connectivity index (χ1v) is 10.7. The van der Waals surface area contributed by atoms with E-state index in [1.54, 1.807) is 6.07 Å². The molecule has 0 radical (unpaired) electrons. The lowest BCUT2D eigenvalue weighted by atomic mass is 10.1. The van der Waals surface area contributed by atoms with Gasteiger partial charge in [-0.2, -0.15) is 0 Å². The lowest BCUT2D eigenvalue weighted by Crippen LogP contribution is -2.28. The highest BCUT2D eigenvalue weighted by Gasteiger charge is 2.28. The second-order valence-corrected chi connectivity index (χ2v) is 9.21. The summed E-state index contributed by atoms with van der Waals surface area (Å²) in [5, 5.41) is 2.92. The van der Waals surface area contributed by atoms with Crippen LogP contribution in [0.5, 0.6) is 0 Å². The molecule has 0 spiro atoms. The summed E-state index contributed by atoms with van der Waals surface area (Å²) in [4.78, 5) is 12.8. The van der Waals surface area contributed by atoms with Crippen molar-refractivity contribution in [1.29, 1.82) is 0 Å². The number of carbonyl (C=O) groups excluding carboxylic acids is 1.